The van der Waals surface area contributed by atoms with Crippen LogP contribution >= 0.6 is 0 Å². The van der Waals surface area contributed by atoms with Crippen LogP contribution in [0.15, 0.2) is 48.5 Å². The number of benzene rings is 2. The predicted octanol–water partition coefficient (Wildman–Crippen LogP) is 2.40. The van der Waals surface area contributed by atoms with E-state index in [1.165, 1.54) is 0 Å². The summed E-state index contributed by atoms with van der Waals surface area (Å²) >= 11 is 0. The van der Waals surface area contributed by atoms with E-state index < -0.39 is 0 Å². The average molecular weight is 367 g/mol. The molecule has 3 rings (SSSR count). The zero-order valence-electron chi connectivity index (χ0n) is 15.8. The molecule has 0 aromatic heterocycles. The molecule has 2 amide bonds. The van der Waals surface area contributed by atoms with Crippen LogP contribution in [0, 0.1) is 6.92 Å². The summed E-state index contributed by atoms with van der Waals surface area (Å²) in [6, 6.07) is 14.6. The Bertz CT molecular complexity index is 814. The van der Waals surface area contributed by atoms with E-state index in [9.17, 15) is 9.59 Å². The van der Waals surface area contributed by atoms with E-state index in [0.717, 1.165) is 31.7 Å². The Morgan fingerprint density at radius 1 is 1.04 bits per heavy atom. The molecule has 2 aromatic rings. The van der Waals surface area contributed by atoms with Crippen LogP contribution in [0.4, 0.5) is 5.69 Å². The highest BCUT2D eigenvalue weighted by molar-refractivity contribution is 5.97. The molecule has 27 heavy (non-hydrogen) atoms. The third kappa shape index (κ3) is 5.08. The first-order valence-corrected chi connectivity index (χ1v) is 9.09. The van der Waals surface area contributed by atoms with Gasteiger partial charge in [-0.3, -0.25) is 9.59 Å². The van der Waals surface area contributed by atoms with Gasteiger partial charge in [0.15, 0.2) is 6.61 Å². The molecule has 0 bridgehead atoms. The smallest absolute Gasteiger partial charge is 0.262 e. The summed E-state index contributed by atoms with van der Waals surface area (Å²) in [5, 5.41) is 2.79. The van der Waals surface area contributed by atoms with Gasteiger partial charge in [0.05, 0.1) is 0 Å². The summed E-state index contributed by atoms with van der Waals surface area (Å²) < 4.78 is 5.56. The van der Waals surface area contributed by atoms with Crippen molar-refractivity contribution in [3.05, 3.63) is 59.7 Å². The van der Waals surface area contributed by atoms with E-state index in [0.29, 0.717) is 17.0 Å². The Morgan fingerprint density at radius 2 is 1.78 bits per heavy atom. The van der Waals surface area contributed by atoms with E-state index in [1.54, 1.807) is 24.3 Å². The van der Waals surface area contributed by atoms with Gasteiger partial charge in [-0.2, -0.15) is 0 Å². The fourth-order valence-electron chi connectivity index (χ4n) is 2.98. The van der Waals surface area contributed by atoms with Crippen LogP contribution in [0.5, 0.6) is 5.75 Å². The fraction of sp³-hybridized carbons (Fsp3) is 0.333. The van der Waals surface area contributed by atoms with Crippen molar-refractivity contribution in [1.82, 2.24) is 9.80 Å². The summed E-state index contributed by atoms with van der Waals surface area (Å²) in [7, 11) is 2.05. The van der Waals surface area contributed by atoms with Gasteiger partial charge in [-0.25, -0.2) is 0 Å². The summed E-state index contributed by atoms with van der Waals surface area (Å²) in [4.78, 5) is 28.9. The molecule has 1 aliphatic rings. The van der Waals surface area contributed by atoms with Gasteiger partial charge >= 0.3 is 0 Å². The Morgan fingerprint density at radius 3 is 2.52 bits per heavy atom. The van der Waals surface area contributed by atoms with E-state index in [2.05, 4.69) is 17.3 Å². The summed E-state index contributed by atoms with van der Waals surface area (Å²) in [6.45, 7) is 5.03. The second-order valence-corrected chi connectivity index (χ2v) is 6.78. The molecule has 0 unspecified atom stereocenters. The number of anilines is 1. The molecule has 1 saturated heterocycles. The lowest BCUT2D eigenvalue weighted by molar-refractivity contribution is -0.118. The number of carbonyl (C=O) groups is 2. The standard InChI is InChI=1S/C21H25N3O3/c1-16-6-3-4-9-19(16)27-15-20(25)22-18-8-5-7-17(14-18)21(26)24-12-10-23(2)11-13-24/h3-9,14H,10-13,15H2,1-2H3,(H,22,25). The van der Waals surface area contributed by atoms with Gasteiger partial charge in [-0.15, -0.1) is 0 Å². The summed E-state index contributed by atoms with van der Waals surface area (Å²) in [6.07, 6.45) is 0. The normalized spacial score (nSPS) is 14.7. The maximum atomic E-state index is 12.7. The van der Waals surface area contributed by atoms with Crippen LogP contribution in [0.3, 0.4) is 0 Å². The Labute approximate surface area is 159 Å². The average Bonchev–Trinajstić information content (AvgIpc) is 2.67. The number of nitrogens with zero attached hydrogens (tertiary/aromatic N) is 2. The topological polar surface area (TPSA) is 61.9 Å². The first-order valence-electron chi connectivity index (χ1n) is 9.09. The van der Waals surface area contributed by atoms with Gasteiger partial charge in [0.1, 0.15) is 5.75 Å². The molecule has 1 aliphatic heterocycles. The summed E-state index contributed by atoms with van der Waals surface area (Å²) in [5.41, 5.74) is 2.15. The minimum absolute atomic E-state index is 0.00430. The van der Waals surface area contributed by atoms with Crippen molar-refractivity contribution >= 4 is 17.5 Å². The van der Waals surface area contributed by atoms with E-state index >= 15 is 0 Å². The molecule has 0 aliphatic carbocycles. The number of para-hydroxylation sites is 1. The Hall–Kier alpha value is -2.86. The minimum Gasteiger partial charge on any atom is -0.483 e. The fourth-order valence-corrected chi connectivity index (χ4v) is 2.98. The van der Waals surface area contributed by atoms with E-state index in [1.807, 2.05) is 36.1 Å². The van der Waals surface area contributed by atoms with Crippen molar-refractivity contribution in [3.63, 3.8) is 0 Å². The van der Waals surface area contributed by atoms with E-state index in [-0.39, 0.29) is 18.4 Å². The molecule has 1 heterocycles. The molecule has 1 N–H and O–H groups in total. The molecule has 142 valence electrons. The van der Waals surface area contributed by atoms with Gasteiger partial charge < -0.3 is 19.9 Å². The SMILES string of the molecule is Cc1ccccc1OCC(=O)Nc1cccc(C(=O)N2CCN(C)CC2)c1. The van der Waals surface area contributed by atoms with Crippen molar-refractivity contribution < 1.29 is 14.3 Å². The maximum Gasteiger partial charge on any atom is 0.262 e. The largest absolute Gasteiger partial charge is 0.483 e. The van der Waals surface area contributed by atoms with Gasteiger partial charge in [-0.1, -0.05) is 24.3 Å². The van der Waals surface area contributed by atoms with E-state index in [4.69, 9.17) is 4.74 Å². The zero-order valence-corrected chi connectivity index (χ0v) is 15.8. The van der Waals surface area contributed by atoms with Gasteiger partial charge in [0, 0.05) is 37.4 Å². The van der Waals surface area contributed by atoms with Crippen molar-refractivity contribution in [2.24, 2.45) is 0 Å². The third-order valence-electron chi connectivity index (χ3n) is 4.64. The molecular formula is C21H25N3O3. The van der Waals surface area contributed by atoms with Gasteiger partial charge in [0.25, 0.3) is 11.8 Å². The Balaban J connectivity index is 1.57. The van der Waals surface area contributed by atoms with Crippen LogP contribution in [0.1, 0.15) is 15.9 Å². The number of amides is 2. The molecule has 0 spiro atoms. The van der Waals surface area contributed by atoms with Crippen LogP contribution in [0.25, 0.3) is 0 Å². The monoisotopic (exact) mass is 367 g/mol. The number of nitrogens with one attached hydrogen (secondary N) is 1. The first-order chi connectivity index (χ1) is 13.0. The minimum atomic E-state index is -0.262. The van der Waals surface area contributed by atoms with Crippen LogP contribution in [-0.4, -0.2) is 61.4 Å². The van der Waals surface area contributed by atoms with Gasteiger partial charge in [0.2, 0.25) is 0 Å². The quantitative estimate of drug-likeness (QED) is 0.882. The van der Waals surface area contributed by atoms with Crippen molar-refractivity contribution in [3.8, 4) is 5.75 Å². The molecule has 6 nitrogen and oxygen atoms in total. The number of hydrogen-bond donors (Lipinski definition) is 1. The zero-order chi connectivity index (χ0) is 19.2. The molecule has 0 atom stereocenters. The molecule has 2 aromatic carbocycles. The second kappa shape index (κ2) is 8.68. The maximum absolute atomic E-state index is 12.7. The molecule has 0 saturated carbocycles. The lowest BCUT2D eigenvalue weighted by Gasteiger charge is -2.32. The van der Waals surface area contributed by atoms with Crippen molar-refractivity contribution in [2.45, 2.75) is 6.92 Å². The number of likely N-dealkylation sites (N-methyl/N-ethyl adjacent to an activating group) is 1. The Kier molecular flexibility index (Phi) is 6.08. The molecule has 1 fully saturated rings. The van der Waals surface area contributed by atoms with Crippen LogP contribution < -0.4 is 10.1 Å². The predicted molar refractivity (Wildman–Crippen MR) is 105 cm³/mol. The molecule has 6 heteroatoms. The highest BCUT2D eigenvalue weighted by atomic mass is 16.5. The van der Waals surface area contributed by atoms with Crippen molar-refractivity contribution in [1.29, 1.82) is 0 Å². The van der Waals surface area contributed by atoms with Crippen LogP contribution in [0.2, 0.25) is 0 Å². The summed E-state index contributed by atoms with van der Waals surface area (Å²) in [5.74, 6) is 0.421. The number of piperazine rings is 1. The highest BCUT2D eigenvalue weighted by Gasteiger charge is 2.20. The number of hydrogen-bond acceptors (Lipinski definition) is 4. The van der Waals surface area contributed by atoms with Gasteiger partial charge in [-0.05, 0) is 43.8 Å². The van der Waals surface area contributed by atoms with Crippen molar-refractivity contribution in [2.75, 3.05) is 45.2 Å². The number of carbonyl (C=O) groups excluding carboxylic acids is 2. The highest BCUT2D eigenvalue weighted by Crippen LogP contribution is 2.17. The lowest BCUT2D eigenvalue weighted by atomic mass is 10.1. The van der Waals surface area contributed by atoms with Crippen LogP contribution in [-0.2, 0) is 4.79 Å². The number of ether oxygens (including phenoxy) is 1. The molecule has 0 radical (unpaired) electrons. The first kappa shape index (κ1) is 18.9. The number of rotatable bonds is 5. The second-order valence-electron chi connectivity index (χ2n) is 6.78. The third-order valence-corrected chi connectivity index (χ3v) is 4.64. The molecular weight excluding hydrogens is 342 g/mol. The number of aryl methyl sites for hydroxylation is 1. The lowest BCUT2D eigenvalue weighted by Crippen LogP contribution is -2.47.